The molecule has 2 aromatic heterocycles. The van der Waals surface area contributed by atoms with Crippen molar-refractivity contribution in [1.29, 1.82) is 0 Å². The van der Waals surface area contributed by atoms with Crippen molar-refractivity contribution in [1.82, 2.24) is 14.8 Å². The van der Waals surface area contributed by atoms with Crippen molar-refractivity contribution in [3.05, 3.63) is 34.0 Å². The van der Waals surface area contributed by atoms with E-state index in [2.05, 4.69) is 26.4 Å². The lowest BCUT2D eigenvalue weighted by Crippen LogP contribution is -2.46. The zero-order chi connectivity index (χ0) is 18.2. The van der Waals surface area contributed by atoms with Gasteiger partial charge in [-0.2, -0.15) is 4.31 Å². The van der Waals surface area contributed by atoms with Crippen LogP contribution < -0.4 is 5.32 Å². The Hall–Kier alpha value is -1.65. The molecule has 3 rings (SSSR count). The lowest BCUT2D eigenvalue weighted by atomic mass is 10.1. The number of nitrogens with zero attached hydrogens (tertiary/aromatic N) is 2. The van der Waals surface area contributed by atoms with Crippen LogP contribution in [0.2, 0.25) is 0 Å². The zero-order valence-corrected chi connectivity index (χ0v) is 16.2. The Balaban J connectivity index is 1.63. The molecule has 10 heteroatoms. The largest absolute Gasteiger partial charge is 0.444 e. The highest BCUT2D eigenvalue weighted by Gasteiger charge is 2.34. The van der Waals surface area contributed by atoms with Crippen molar-refractivity contribution < 1.29 is 22.2 Å². The molecular formula is C15H18BrN3O5S. The van der Waals surface area contributed by atoms with Crippen LogP contribution >= 0.6 is 15.9 Å². The molecule has 1 saturated heterocycles. The summed E-state index contributed by atoms with van der Waals surface area (Å²) in [5.74, 6) is 0.201. The highest BCUT2D eigenvalue weighted by molar-refractivity contribution is 9.10. The quantitative estimate of drug-likeness (QED) is 0.795. The summed E-state index contributed by atoms with van der Waals surface area (Å²) in [5.41, 5.74) is 0.358. The molecule has 0 bridgehead atoms. The Morgan fingerprint density at radius 1 is 1.32 bits per heavy atom. The maximum atomic E-state index is 12.8. The van der Waals surface area contributed by atoms with Crippen LogP contribution in [0.25, 0.3) is 0 Å². The summed E-state index contributed by atoms with van der Waals surface area (Å²) in [4.78, 5) is 12.2. The second kappa shape index (κ2) is 6.93. The predicted molar refractivity (Wildman–Crippen MR) is 91.6 cm³/mol. The third kappa shape index (κ3) is 3.65. The summed E-state index contributed by atoms with van der Waals surface area (Å²) in [6, 6.07) is 3.12. The summed E-state index contributed by atoms with van der Waals surface area (Å²) in [6.07, 6.45) is 1.05. The molecule has 0 aromatic carbocycles. The van der Waals surface area contributed by atoms with Gasteiger partial charge in [0.25, 0.3) is 5.91 Å². The summed E-state index contributed by atoms with van der Waals surface area (Å²) in [6.45, 7) is 3.83. The number of rotatable bonds is 4. The van der Waals surface area contributed by atoms with Gasteiger partial charge in [-0.25, -0.2) is 8.42 Å². The molecule has 3 heterocycles. The Bertz CT molecular complexity index is 861. The predicted octanol–water partition coefficient (Wildman–Crippen LogP) is 2.23. The van der Waals surface area contributed by atoms with Gasteiger partial charge in [0.2, 0.25) is 10.0 Å². The fourth-order valence-electron chi connectivity index (χ4n) is 2.91. The van der Waals surface area contributed by atoms with E-state index in [4.69, 9.17) is 8.94 Å². The fourth-order valence-corrected chi connectivity index (χ4v) is 4.97. The Morgan fingerprint density at radius 2 is 2.00 bits per heavy atom. The molecule has 136 valence electrons. The van der Waals surface area contributed by atoms with Gasteiger partial charge in [0.1, 0.15) is 10.6 Å². The van der Waals surface area contributed by atoms with Crippen molar-refractivity contribution in [3.8, 4) is 0 Å². The monoisotopic (exact) mass is 431 g/mol. The SMILES string of the molecule is Cc1noc(C)c1S(=O)(=O)N1CCC(NC(=O)c2ccc(Br)o2)CC1. The molecular weight excluding hydrogens is 414 g/mol. The second-order valence-electron chi connectivity index (χ2n) is 5.91. The molecule has 25 heavy (non-hydrogen) atoms. The highest BCUT2D eigenvalue weighted by atomic mass is 79.9. The Morgan fingerprint density at radius 3 is 2.52 bits per heavy atom. The molecule has 1 aliphatic rings. The minimum atomic E-state index is -3.64. The molecule has 0 aliphatic carbocycles. The van der Waals surface area contributed by atoms with E-state index in [-0.39, 0.29) is 28.4 Å². The van der Waals surface area contributed by atoms with Crippen molar-refractivity contribution in [2.24, 2.45) is 0 Å². The molecule has 8 nitrogen and oxygen atoms in total. The number of amides is 1. The first-order chi connectivity index (χ1) is 11.8. The van der Waals surface area contributed by atoms with E-state index in [0.717, 1.165) is 0 Å². The molecule has 0 unspecified atom stereocenters. The number of halogens is 1. The van der Waals surface area contributed by atoms with Crippen LogP contribution in [-0.4, -0.2) is 42.9 Å². The summed E-state index contributed by atoms with van der Waals surface area (Å²) >= 11 is 3.15. The third-order valence-electron chi connectivity index (χ3n) is 4.15. The third-order valence-corrected chi connectivity index (χ3v) is 6.72. The lowest BCUT2D eigenvalue weighted by Gasteiger charge is -2.31. The van der Waals surface area contributed by atoms with E-state index >= 15 is 0 Å². The standard InChI is InChI=1S/C15H18BrN3O5S/c1-9-14(10(2)24-18-9)25(21,22)19-7-5-11(6-8-19)17-15(20)12-3-4-13(16)23-12/h3-4,11H,5-8H2,1-2H3,(H,17,20). The van der Waals surface area contributed by atoms with Crippen molar-refractivity contribution in [3.63, 3.8) is 0 Å². The molecule has 0 saturated carbocycles. The van der Waals surface area contributed by atoms with E-state index < -0.39 is 10.0 Å². The number of piperidine rings is 1. The van der Waals surface area contributed by atoms with Crippen molar-refractivity contribution >= 4 is 31.9 Å². The highest BCUT2D eigenvalue weighted by Crippen LogP contribution is 2.26. The van der Waals surface area contributed by atoms with Gasteiger partial charge in [-0.05, 0) is 54.8 Å². The van der Waals surface area contributed by atoms with Crippen LogP contribution in [-0.2, 0) is 10.0 Å². The average Bonchev–Trinajstić information content (AvgIpc) is 3.14. The van der Waals surface area contributed by atoms with Gasteiger partial charge >= 0.3 is 0 Å². The maximum absolute atomic E-state index is 12.8. The molecule has 1 fully saturated rings. The first-order valence-corrected chi connectivity index (χ1v) is 10.0. The first-order valence-electron chi connectivity index (χ1n) is 7.78. The van der Waals surface area contributed by atoms with Gasteiger partial charge in [0.05, 0.1) is 0 Å². The van der Waals surface area contributed by atoms with Crippen LogP contribution in [0.15, 0.2) is 30.6 Å². The molecule has 0 atom stereocenters. The Labute approximate surface area is 153 Å². The number of nitrogens with one attached hydrogen (secondary N) is 1. The van der Waals surface area contributed by atoms with E-state index in [1.165, 1.54) is 4.31 Å². The van der Waals surface area contributed by atoms with Gasteiger partial charge in [-0.15, -0.1) is 0 Å². The molecule has 1 aliphatic heterocycles. The summed E-state index contributed by atoms with van der Waals surface area (Å²) in [5, 5.41) is 6.59. The number of sulfonamides is 1. The minimum absolute atomic E-state index is 0.104. The van der Waals surface area contributed by atoms with Gasteiger partial charge in [0.15, 0.2) is 16.2 Å². The van der Waals surface area contributed by atoms with E-state index in [0.29, 0.717) is 36.3 Å². The molecule has 0 spiro atoms. The summed E-state index contributed by atoms with van der Waals surface area (Å²) in [7, 11) is -3.64. The van der Waals surface area contributed by atoms with Crippen LogP contribution in [0.1, 0.15) is 34.9 Å². The van der Waals surface area contributed by atoms with Crippen LogP contribution in [0.3, 0.4) is 0 Å². The second-order valence-corrected chi connectivity index (χ2v) is 8.57. The fraction of sp³-hybridized carbons (Fsp3) is 0.467. The number of carbonyl (C=O) groups excluding carboxylic acids is 1. The van der Waals surface area contributed by atoms with Gasteiger partial charge in [-0.3, -0.25) is 4.79 Å². The van der Waals surface area contributed by atoms with Gasteiger partial charge in [0, 0.05) is 19.1 Å². The number of hydrogen-bond acceptors (Lipinski definition) is 6. The lowest BCUT2D eigenvalue weighted by molar-refractivity contribution is 0.0894. The van der Waals surface area contributed by atoms with E-state index in [1.807, 2.05) is 0 Å². The molecule has 0 radical (unpaired) electrons. The number of carbonyl (C=O) groups is 1. The number of furan rings is 1. The van der Waals surface area contributed by atoms with Gasteiger partial charge in [-0.1, -0.05) is 5.16 Å². The van der Waals surface area contributed by atoms with E-state index in [1.54, 1.807) is 26.0 Å². The molecule has 1 N–H and O–H groups in total. The number of aromatic nitrogens is 1. The number of hydrogen-bond donors (Lipinski definition) is 1. The van der Waals surface area contributed by atoms with Crippen LogP contribution in [0.4, 0.5) is 0 Å². The Kier molecular flexibility index (Phi) is 5.03. The first kappa shape index (κ1) is 18.2. The van der Waals surface area contributed by atoms with Crippen LogP contribution in [0, 0.1) is 13.8 Å². The van der Waals surface area contributed by atoms with E-state index in [9.17, 15) is 13.2 Å². The smallest absolute Gasteiger partial charge is 0.287 e. The minimum Gasteiger partial charge on any atom is -0.444 e. The molecule has 1 amide bonds. The van der Waals surface area contributed by atoms with Crippen molar-refractivity contribution in [2.75, 3.05) is 13.1 Å². The zero-order valence-electron chi connectivity index (χ0n) is 13.8. The van der Waals surface area contributed by atoms with Gasteiger partial charge < -0.3 is 14.3 Å². The topological polar surface area (TPSA) is 106 Å². The molecule has 2 aromatic rings. The number of aryl methyl sites for hydroxylation is 2. The summed E-state index contributed by atoms with van der Waals surface area (Å²) < 4.78 is 37.6. The maximum Gasteiger partial charge on any atom is 0.287 e. The van der Waals surface area contributed by atoms with Crippen molar-refractivity contribution in [2.45, 2.75) is 37.6 Å². The normalized spacial score (nSPS) is 16.9. The average molecular weight is 432 g/mol. The van der Waals surface area contributed by atoms with Crippen LogP contribution in [0.5, 0.6) is 0 Å².